The van der Waals surface area contributed by atoms with Gasteiger partial charge in [0.15, 0.2) is 40.9 Å². The molecule has 22 heteroatoms. The van der Waals surface area contributed by atoms with E-state index in [0.29, 0.717) is 11.2 Å². The first-order valence-corrected chi connectivity index (χ1v) is 15.9. The predicted octanol–water partition coefficient (Wildman–Crippen LogP) is -2.63. The number of imidazole rings is 2. The second-order valence-corrected chi connectivity index (χ2v) is 13.9. The first kappa shape index (κ1) is 28.3. The van der Waals surface area contributed by atoms with Gasteiger partial charge in [0, 0.05) is 6.42 Å². The van der Waals surface area contributed by atoms with Gasteiger partial charge in [-0.3, -0.25) is 23.4 Å². The second kappa shape index (κ2) is 9.40. The Hall–Kier alpha value is -3.21. The number of aliphatic hydroxyl groups excluding tert-OH is 2. The van der Waals surface area contributed by atoms with E-state index >= 15 is 0 Å². The summed E-state index contributed by atoms with van der Waals surface area (Å²) in [4.78, 5) is 46.3. The van der Waals surface area contributed by atoms with E-state index in [2.05, 4.69) is 29.9 Å². The maximum atomic E-state index is 12.3. The molecule has 8 rings (SSSR count). The Morgan fingerprint density at radius 1 is 1.14 bits per heavy atom. The van der Waals surface area contributed by atoms with Crippen LogP contribution in [0.25, 0.3) is 22.3 Å². The maximum absolute atomic E-state index is 12.3. The van der Waals surface area contributed by atoms with Gasteiger partial charge in [-0.05, 0) is 11.8 Å². The van der Waals surface area contributed by atoms with Crippen molar-refractivity contribution in [3.63, 3.8) is 0 Å². The van der Waals surface area contributed by atoms with Crippen molar-refractivity contribution in [3.8, 4) is 0 Å². The number of hydrogen-bond donors (Lipinski definition) is 7. The lowest BCUT2D eigenvalue weighted by Crippen LogP contribution is -2.77. The lowest BCUT2D eigenvalue weighted by Gasteiger charge is -2.62. The Kier molecular flexibility index (Phi) is 6.04. The molecule has 0 aromatic carbocycles. The molecule has 1 saturated carbocycles. The topological polar surface area (TPSA) is 286 Å². The van der Waals surface area contributed by atoms with Gasteiger partial charge < -0.3 is 50.4 Å². The highest BCUT2D eigenvalue weighted by atomic mass is 32.5. The van der Waals surface area contributed by atoms with Crippen LogP contribution in [0, 0.1) is 5.92 Å². The minimum absolute atomic E-state index is 0.0101. The fourth-order valence-electron chi connectivity index (χ4n) is 6.63. The molecule has 7 heterocycles. The number of aromatic nitrogens is 8. The molecule has 0 spiro atoms. The fraction of sp³-hybridized carbons (Fsp3) is 0.545. The highest BCUT2D eigenvalue weighted by molar-refractivity contribution is 8.07. The van der Waals surface area contributed by atoms with Crippen LogP contribution in [0.3, 0.4) is 0 Å². The number of aliphatic hydroxyl groups is 3. The summed E-state index contributed by atoms with van der Waals surface area (Å²) in [6, 6.07) is 0. The zero-order chi connectivity index (χ0) is 30.8. The number of ether oxygens (including phenoxy) is 3. The average molecular weight is 653 g/mol. The summed E-state index contributed by atoms with van der Waals surface area (Å²) in [6.07, 6.45) is -2.61. The normalized spacial score (nSPS) is 37.1. The summed E-state index contributed by atoms with van der Waals surface area (Å²) in [5.41, 5.74) is 10.6. The summed E-state index contributed by atoms with van der Waals surface area (Å²) in [5, 5.41) is 31.5. The van der Waals surface area contributed by atoms with E-state index in [9.17, 15) is 25.0 Å². The molecule has 0 radical (unpaired) electrons. The van der Waals surface area contributed by atoms with Crippen molar-refractivity contribution < 1.29 is 43.5 Å². The quantitative estimate of drug-likeness (QED) is 0.0958. The summed E-state index contributed by atoms with van der Waals surface area (Å²) < 4.78 is 32.3. The molecule has 10 atom stereocenters. The Morgan fingerprint density at radius 2 is 1.89 bits per heavy atom. The highest BCUT2D eigenvalue weighted by Gasteiger charge is 2.82. The molecule has 3 saturated heterocycles. The number of fused-ring (bicyclic) bond motifs is 2. The van der Waals surface area contributed by atoms with E-state index in [1.54, 1.807) is 4.57 Å². The van der Waals surface area contributed by atoms with Crippen molar-refractivity contribution in [1.29, 1.82) is 0 Å². The summed E-state index contributed by atoms with van der Waals surface area (Å²) in [7, 11) is 0. The van der Waals surface area contributed by atoms with Gasteiger partial charge in [-0.25, -0.2) is 19.9 Å². The van der Waals surface area contributed by atoms with Gasteiger partial charge in [-0.15, -0.1) is 0 Å². The van der Waals surface area contributed by atoms with Crippen LogP contribution in [0.15, 0.2) is 23.8 Å². The van der Waals surface area contributed by atoms with Crippen LogP contribution in [0.2, 0.25) is 0 Å². The summed E-state index contributed by atoms with van der Waals surface area (Å²) in [6.45, 7) is -5.07. The Labute approximate surface area is 249 Å². The van der Waals surface area contributed by atoms with Crippen LogP contribution in [-0.4, -0.2) is 108 Å². The van der Waals surface area contributed by atoms with Crippen molar-refractivity contribution in [3.05, 3.63) is 29.3 Å². The van der Waals surface area contributed by atoms with Gasteiger partial charge >= 0.3 is 6.72 Å². The molecule has 44 heavy (non-hydrogen) atoms. The molecule has 0 bridgehead atoms. The summed E-state index contributed by atoms with van der Waals surface area (Å²) in [5.74, 6) is -1.99. The lowest BCUT2D eigenvalue weighted by atomic mass is 9.59. The third-order valence-electron chi connectivity index (χ3n) is 8.52. The van der Waals surface area contributed by atoms with Gasteiger partial charge in [0.25, 0.3) is 5.56 Å². The fourth-order valence-corrected chi connectivity index (χ4v) is 8.07. The average Bonchev–Trinajstić information content (AvgIpc) is 3.68. The number of rotatable bonds is 8. The van der Waals surface area contributed by atoms with Gasteiger partial charge in [0.1, 0.15) is 41.9 Å². The first-order valence-electron chi connectivity index (χ1n) is 13.3. The van der Waals surface area contributed by atoms with Crippen LogP contribution in [0.4, 0.5) is 11.8 Å². The van der Waals surface area contributed by atoms with Crippen LogP contribution < -0.4 is 17.0 Å². The number of anilines is 2. The smallest absolute Gasteiger partial charge is 0.325 e. The number of aromatic amines is 1. The van der Waals surface area contributed by atoms with Crippen molar-refractivity contribution in [2.75, 3.05) is 24.7 Å². The van der Waals surface area contributed by atoms with E-state index in [4.69, 9.17) is 46.5 Å². The Morgan fingerprint density at radius 3 is 2.64 bits per heavy atom. The van der Waals surface area contributed by atoms with Crippen molar-refractivity contribution in [2.24, 2.45) is 5.92 Å². The van der Waals surface area contributed by atoms with E-state index < -0.39 is 73.1 Å². The maximum Gasteiger partial charge on any atom is 0.325 e. The minimum Gasteiger partial charge on any atom is -0.394 e. The number of H-pyrrole nitrogens is 1. The second-order valence-electron chi connectivity index (χ2n) is 11.1. The van der Waals surface area contributed by atoms with Gasteiger partial charge in [0.2, 0.25) is 5.95 Å². The molecule has 20 nitrogen and oxygen atoms in total. The molecule has 4 aromatic heterocycles. The molecule has 3 aliphatic heterocycles. The molecular formula is C22H25N10O10PS. The van der Waals surface area contributed by atoms with Crippen molar-refractivity contribution in [2.45, 2.75) is 54.7 Å². The number of nitrogens with zero attached hydrogens (tertiary/aromatic N) is 7. The lowest BCUT2D eigenvalue weighted by molar-refractivity contribution is -0.433. The molecule has 4 aliphatic rings. The van der Waals surface area contributed by atoms with Gasteiger partial charge in [0.05, 0.1) is 31.8 Å². The minimum atomic E-state index is -4.17. The van der Waals surface area contributed by atoms with Crippen LogP contribution in [0.5, 0.6) is 0 Å². The SMILES string of the molecule is Nc1nc2c(ncn2[C@@H]2O[C@H](CO)C(O)C2OP(O)(=S)OC[C@]23C[C@@]4(O)OC(C24)[C@H](n2cnc4c(N)ncnc42)O3)c(=O)[nH]1. The molecule has 4 aromatic rings. The van der Waals surface area contributed by atoms with Gasteiger partial charge in [-0.2, -0.15) is 4.98 Å². The molecule has 1 aliphatic carbocycles. The molecular weight excluding hydrogens is 627 g/mol. The Bertz CT molecular complexity index is 1920. The molecule has 5 unspecified atom stereocenters. The van der Waals surface area contributed by atoms with Crippen LogP contribution in [-0.2, 0) is 35.1 Å². The third-order valence-corrected chi connectivity index (χ3v) is 10.1. The number of nitrogen functional groups attached to an aromatic ring is 2. The van der Waals surface area contributed by atoms with E-state index in [0.717, 1.165) is 0 Å². The third kappa shape index (κ3) is 3.93. The molecule has 4 fully saturated rings. The largest absolute Gasteiger partial charge is 0.394 e. The standard InChI is InChI=1S/C22H25N10O10PS/c23-14-8-15(26-4-25-14)31(5-27-8)19-12-13-21(41-19,2-22(13,36)40-12)3-38-43(37,44)42-11-10(34)7(1-33)39-18(11)32-6-28-9-16(32)29-20(24)30-17(9)35/h4-7,10-13,18-19,33-34,36H,1-3H2,(H,37,44)(H2,23,25,26)(H3,24,29,30,35)/t7-,10?,11?,12?,13?,18-,19-,21-,22-,43?/m1/s1. The van der Waals surface area contributed by atoms with Gasteiger partial charge in [-0.1, -0.05) is 0 Å². The van der Waals surface area contributed by atoms with Crippen LogP contribution >= 0.6 is 6.72 Å². The van der Waals surface area contributed by atoms with E-state index in [1.165, 1.54) is 23.5 Å². The highest BCUT2D eigenvalue weighted by Crippen LogP contribution is 2.69. The number of nitrogens with two attached hydrogens (primary N) is 2. The van der Waals surface area contributed by atoms with Crippen molar-refractivity contribution >= 4 is 52.6 Å². The zero-order valence-electron chi connectivity index (χ0n) is 22.3. The molecule has 234 valence electrons. The predicted molar refractivity (Wildman–Crippen MR) is 147 cm³/mol. The number of nitrogens with one attached hydrogen (secondary N) is 1. The summed E-state index contributed by atoms with van der Waals surface area (Å²) >= 11 is 5.31. The number of hydrogen-bond acceptors (Lipinski definition) is 17. The molecule has 9 N–H and O–H groups in total. The van der Waals surface area contributed by atoms with Crippen LogP contribution in [0.1, 0.15) is 18.9 Å². The van der Waals surface area contributed by atoms with E-state index in [1.807, 2.05) is 0 Å². The first-order chi connectivity index (χ1) is 20.9. The Balaban J connectivity index is 1.04. The van der Waals surface area contributed by atoms with Crippen molar-refractivity contribution in [1.82, 2.24) is 39.0 Å². The van der Waals surface area contributed by atoms with E-state index in [-0.39, 0.29) is 36.0 Å². The molecule has 0 amide bonds. The monoisotopic (exact) mass is 652 g/mol. The zero-order valence-corrected chi connectivity index (χ0v) is 24.0.